The number of aromatic nitrogens is 1. The van der Waals surface area contributed by atoms with Crippen LogP contribution in [-0.4, -0.2) is 13.7 Å². The van der Waals surface area contributed by atoms with Crippen LogP contribution in [0.2, 0.25) is 5.15 Å². The fourth-order valence-corrected chi connectivity index (χ4v) is 1.06. The molecule has 0 fully saturated rings. The average Bonchev–Trinajstić information content (AvgIpc) is 1.88. The Labute approximate surface area is 93.7 Å². The third-order valence-electron chi connectivity index (χ3n) is 0.860. The Balaban J connectivity index is 0.000001000. The maximum atomic E-state index is 10.2. The van der Waals surface area contributed by atoms with E-state index >= 15 is 0 Å². The SMILES string of the molecule is O=S([O-])c1cccc(Cl)n1.[Na+]. The standard InChI is InChI=1S/C5H4ClNO2S.Na/c6-4-2-1-3-5(7-4)10(8)9;/h1-3H,(H,8,9);/q;+1/p-1. The van der Waals surface area contributed by atoms with Crippen LogP contribution < -0.4 is 29.6 Å². The maximum Gasteiger partial charge on any atom is 1.00 e. The molecule has 0 spiro atoms. The predicted octanol–water partition coefficient (Wildman–Crippen LogP) is -2.02. The second-order valence-electron chi connectivity index (χ2n) is 1.53. The minimum Gasteiger partial charge on any atom is -0.767 e. The van der Waals surface area contributed by atoms with E-state index in [2.05, 4.69) is 4.98 Å². The average molecular weight is 200 g/mol. The van der Waals surface area contributed by atoms with Crippen molar-refractivity contribution in [1.82, 2.24) is 4.98 Å². The number of hydrogen-bond acceptors (Lipinski definition) is 3. The first-order chi connectivity index (χ1) is 4.70. The van der Waals surface area contributed by atoms with Gasteiger partial charge in [-0.15, -0.1) is 0 Å². The molecule has 0 aromatic carbocycles. The van der Waals surface area contributed by atoms with Gasteiger partial charge in [-0.25, -0.2) is 4.98 Å². The summed E-state index contributed by atoms with van der Waals surface area (Å²) in [6.45, 7) is 0. The third kappa shape index (κ3) is 3.64. The Morgan fingerprint density at radius 2 is 2.18 bits per heavy atom. The molecule has 3 nitrogen and oxygen atoms in total. The molecule has 0 aliphatic carbocycles. The van der Waals surface area contributed by atoms with Crippen molar-refractivity contribution in [2.75, 3.05) is 0 Å². The fourth-order valence-electron chi connectivity index (χ4n) is 0.482. The first-order valence-corrected chi connectivity index (χ1v) is 3.87. The molecule has 0 saturated heterocycles. The van der Waals surface area contributed by atoms with E-state index in [0.717, 1.165) is 0 Å². The molecule has 0 aliphatic heterocycles. The molecule has 6 heteroatoms. The van der Waals surface area contributed by atoms with Gasteiger partial charge in [0.15, 0.2) is 0 Å². The molecule has 1 aromatic heterocycles. The van der Waals surface area contributed by atoms with Gasteiger partial charge in [0.05, 0.1) is 0 Å². The van der Waals surface area contributed by atoms with Crippen molar-refractivity contribution in [1.29, 1.82) is 0 Å². The first kappa shape index (κ1) is 11.6. The second kappa shape index (κ2) is 5.24. The van der Waals surface area contributed by atoms with Gasteiger partial charge in [-0.1, -0.05) is 17.7 Å². The van der Waals surface area contributed by atoms with Gasteiger partial charge in [0.25, 0.3) is 0 Å². The van der Waals surface area contributed by atoms with Crippen LogP contribution in [0.25, 0.3) is 0 Å². The number of halogens is 1. The zero-order valence-corrected chi connectivity index (χ0v) is 9.35. The quantitative estimate of drug-likeness (QED) is 0.298. The molecular formula is C5H3ClNNaO2S. The predicted molar refractivity (Wildman–Crippen MR) is 36.4 cm³/mol. The van der Waals surface area contributed by atoms with E-state index in [4.69, 9.17) is 11.6 Å². The van der Waals surface area contributed by atoms with Gasteiger partial charge in [-0.2, -0.15) is 0 Å². The summed E-state index contributed by atoms with van der Waals surface area (Å²) in [7, 11) is 0. The summed E-state index contributed by atoms with van der Waals surface area (Å²) in [5, 5.41) is 0.147. The molecule has 1 aromatic rings. The summed E-state index contributed by atoms with van der Waals surface area (Å²) in [5.74, 6) is 0. The van der Waals surface area contributed by atoms with E-state index in [-0.39, 0.29) is 39.7 Å². The van der Waals surface area contributed by atoms with Crippen molar-refractivity contribution in [2.24, 2.45) is 0 Å². The molecule has 0 bridgehead atoms. The fraction of sp³-hybridized carbons (Fsp3) is 0. The molecule has 0 N–H and O–H groups in total. The van der Waals surface area contributed by atoms with Gasteiger partial charge in [0.1, 0.15) is 10.2 Å². The Bertz CT molecular complexity index is 270. The minimum absolute atomic E-state index is 0. The van der Waals surface area contributed by atoms with E-state index in [1.807, 2.05) is 0 Å². The molecule has 0 saturated carbocycles. The zero-order chi connectivity index (χ0) is 7.56. The van der Waals surface area contributed by atoms with Crippen LogP contribution in [0.3, 0.4) is 0 Å². The van der Waals surface area contributed by atoms with Crippen LogP contribution in [0.15, 0.2) is 23.2 Å². The molecule has 0 amide bonds. The molecule has 1 atom stereocenters. The summed E-state index contributed by atoms with van der Waals surface area (Å²) in [4.78, 5) is 3.53. The zero-order valence-electron chi connectivity index (χ0n) is 5.78. The molecule has 1 heterocycles. The van der Waals surface area contributed by atoms with Gasteiger partial charge in [-0.3, -0.25) is 4.21 Å². The summed E-state index contributed by atoms with van der Waals surface area (Å²) < 4.78 is 20.5. The molecule has 1 unspecified atom stereocenters. The molecule has 54 valence electrons. The second-order valence-corrected chi connectivity index (χ2v) is 2.81. The summed E-state index contributed by atoms with van der Waals surface area (Å²) in [6, 6.07) is 4.41. The third-order valence-corrected chi connectivity index (χ3v) is 1.64. The van der Waals surface area contributed by atoms with Gasteiger partial charge in [-0.05, 0) is 23.2 Å². The largest absolute Gasteiger partial charge is 1.00 e. The summed E-state index contributed by atoms with van der Waals surface area (Å²) in [6.07, 6.45) is 0. The van der Waals surface area contributed by atoms with Crippen LogP contribution in [0.1, 0.15) is 0 Å². The van der Waals surface area contributed by atoms with Crippen LogP contribution in [0.4, 0.5) is 0 Å². The van der Waals surface area contributed by atoms with Gasteiger partial charge in [0, 0.05) is 0 Å². The van der Waals surface area contributed by atoms with E-state index < -0.39 is 11.1 Å². The van der Waals surface area contributed by atoms with Gasteiger partial charge >= 0.3 is 29.6 Å². The molecule has 0 aliphatic rings. The number of nitrogens with zero attached hydrogens (tertiary/aromatic N) is 1. The van der Waals surface area contributed by atoms with Crippen molar-refractivity contribution in [2.45, 2.75) is 5.03 Å². The number of rotatable bonds is 1. The van der Waals surface area contributed by atoms with E-state index in [0.29, 0.717) is 0 Å². The molecule has 11 heavy (non-hydrogen) atoms. The Morgan fingerprint density at radius 3 is 2.55 bits per heavy atom. The van der Waals surface area contributed by atoms with Crippen molar-refractivity contribution in [3.05, 3.63) is 23.4 Å². The van der Waals surface area contributed by atoms with Crippen LogP contribution >= 0.6 is 11.6 Å². The summed E-state index contributed by atoms with van der Waals surface area (Å²) in [5.41, 5.74) is 0. The van der Waals surface area contributed by atoms with Gasteiger partial charge < -0.3 is 4.55 Å². The van der Waals surface area contributed by atoms with Crippen LogP contribution in [-0.2, 0) is 11.1 Å². The Kier molecular flexibility index (Phi) is 5.50. The molecular weight excluding hydrogens is 197 g/mol. The topological polar surface area (TPSA) is 53.0 Å². The molecule has 1 rings (SSSR count). The van der Waals surface area contributed by atoms with Crippen LogP contribution in [0, 0.1) is 0 Å². The van der Waals surface area contributed by atoms with Crippen molar-refractivity contribution < 1.29 is 38.3 Å². The van der Waals surface area contributed by atoms with Crippen LogP contribution in [0.5, 0.6) is 0 Å². The van der Waals surface area contributed by atoms with Gasteiger partial charge in [0.2, 0.25) is 0 Å². The van der Waals surface area contributed by atoms with Crippen molar-refractivity contribution >= 4 is 22.7 Å². The summed E-state index contributed by atoms with van der Waals surface area (Å²) >= 11 is 3.12. The maximum absolute atomic E-state index is 10.2. The van der Waals surface area contributed by atoms with E-state index in [1.165, 1.54) is 18.2 Å². The van der Waals surface area contributed by atoms with Crippen molar-refractivity contribution in [3.63, 3.8) is 0 Å². The Morgan fingerprint density at radius 1 is 1.55 bits per heavy atom. The molecule has 0 radical (unpaired) electrons. The monoisotopic (exact) mass is 199 g/mol. The number of pyridine rings is 1. The smallest absolute Gasteiger partial charge is 0.767 e. The van der Waals surface area contributed by atoms with E-state index in [1.54, 1.807) is 0 Å². The Hall–Kier alpha value is 0.550. The normalized spacial score (nSPS) is 11.8. The number of hydrogen-bond donors (Lipinski definition) is 0. The minimum atomic E-state index is -2.28. The van der Waals surface area contributed by atoms with Crippen molar-refractivity contribution in [3.8, 4) is 0 Å². The first-order valence-electron chi connectivity index (χ1n) is 2.42. The van der Waals surface area contributed by atoms with E-state index in [9.17, 15) is 8.76 Å².